The summed E-state index contributed by atoms with van der Waals surface area (Å²) in [6, 6.07) is 14.4. The number of carbonyl (C=O) groups excluding carboxylic acids is 2. The minimum absolute atomic E-state index is 0.231. The molecule has 6 heteroatoms. The third-order valence-corrected chi connectivity index (χ3v) is 4.30. The van der Waals surface area contributed by atoms with Crippen molar-refractivity contribution in [1.29, 1.82) is 0 Å². The van der Waals surface area contributed by atoms with Gasteiger partial charge < -0.3 is 21.3 Å². The van der Waals surface area contributed by atoms with Crippen LogP contribution < -0.4 is 16.4 Å². The molecule has 0 saturated heterocycles. The first kappa shape index (κ1) is 20.5. The van der Waals surface area contributed by atoms with Crippen molar-refractivity contribution in [3.63, 3.8) is 0 Å². The molecule has 1 unspecified atom stereocenters. The lowest BCUT2D eigenvalue weighted by molar-refractivity contribution is 0.0951. The highest BCUT2D eigenvalue weighted by Gasteiger charge is 2.12. The van der Waals surface area contributed by atoms with Gasteiger partial charge in [-0.05, 0) is 35.2 Å². The number of hydrogen-bond acceptors (Lipinski definition) is 3. The first-order valence-electron chi connectivity index (χ1n) is 9.00. The highest BCUT2D eigenvalue weighted by molar-refractivity contribution is 5.96. The van der Waals surface area contributed by atoms with E-state index in [0.29, 0.717) is 23.7 Å². The zero-order chi connectivity index (χ0) is 20.0. The minimum atomic E-state index is -0.285. The average Bonchev–Trinajstić information content (AvgIpc) is 2.66. The van der Waals surface area contributed by atoms with Gasteiger partial charge in [-0.1, -0.05) is 44.2 Å². The molecule has 0 heterocycles. The normalized spacial score (nSPS) is 11.8. The van der Waals surface area contributed by atoms with Crippen LogP contribution in [0.1, 0.15) is 47.3 Å². The molecule has 27 heavy (non-hydrogen) atoms. The van der Waals surface area contributed by atoms with E-state index < -0.39 is 0 Å². The third-order valence-electron chi connectivity index (χ3n) is 4.30. The molecule has 4 N–H and O–H groups in total. The molecule has 144 valence electrons. The van der Waals surface area contributed by atoms with Crippen LogP contribution in [0.3, 0.4) is 0 Å². The number of benzene rings is 2. The zero-order valence-electron chi connectivity index (χ0n) is 16.3. The smallest absolute Gasteiger partial charge is 0.321 e. The Kier molecular flexibility index (Phi) is 6.96. The van der Waals surface area contributed by atoms with Crippen molar-refractivity contribution in [2.45, 2.75) is 25.8 Å². The van der Waals surface area contributed by atoms with Gasteiger partial charge in [-0.25, -0.2) is 4.79 Å². The Labute approximate surface area is 160 Å². The van der Waals surface area contributed by atoms with Gasteiger partial charge >= 0.3 is 6.03 Å². The van der Waals surface area contributed by atoms with Crippen LogP contribution in [0.5, 0.6) is 0 Å². The summed E-state index contributed by atoms with van der Waals surface area (Å²) in [5.41, 5.74) is 9.47. The van der Waals surface area contributed by atoms with E-state index >= 15 is 0 Å². The number of anilines is 1. The van der Waals surface area contributed by atoms with Gasteiger partial charge in [0.15, 0.2) is 0 Å². The molecule has 2 aromatic rings. The van der Waals surface area contributed by atoms with E-state index in [1.165, 1.54) is 10.5 Å². The van der Waals surface area contributed by atoms with Gasteiger partial charge in [0, 0.05) is 37.9 Å². The van der Waals surface area contributed by atoms with Crippen LogP contribution in [0.25, 0.3) is 0 Å². The van der Waals surface area contributed by atoms with Gasteiger partial charge in [0.1, 0.15) is 0 Å². The number of nitrogens with zero attached hydrogens (tertiary/aromatic N) is 1. The Bertz CT molecular complexity index is 785. The maximum absolute atomic E-state index is 12.4. The topological polar surface area (TPSA) is 87.5 Å². The number of nitrogens with two attached hydrogens (primary N) is 1. The number of nitrogens with one attached hydrogen (secondary N) is 2. The third kappa shape index (κ3) is 5.82. The molecule has 1 atom stereocenters. The van der Waals surface area contributed by atoms with Crippen LogP contribution in [-0.4, -0.2) is 37.5 Å². The largest absolute Gasteiger partial charge is 0.350 e. The Hall–Kier alpha value is -2.86. The molecule has 0 radical (unpaired) electrons. The van der Waals surface area contributed by atoms with Crippen LogP contribution in [0, 0.1) is 0 Å². The second-order valence-electron chi connectivity index (χ2n) is 7.04. The molecule has 0 aromatic heterocycles. The molecule has 0 saturated carbocycles. The Morgan fingerprint density at radius 2 is 1.67 bits per heavy atom. The lowest BCUT2D eigenvalue weighted by atomic mass is 9.99. The van der Waals surface area contributed by atoms with Crippen LogP contribution in [0.15, 0.2) is 48.5 Å². The molecule has 2 aromatic carbocycles. The van der Waals surface area contributed by atoms with Gasteiger partial charge in [-0.15, -0.1) is 0 Å². The standard InChI is InChI=1S/C21H28N4O2/c1-14(2)15-8-10-16(11-9-15)19(22)13-23-20(26)17-6-5-7-18(12-17)24-21(27)25(3)4/h5-12,14,19H,13,22H2,1-4H3,(H,23,26)(H,24,27). The Morgan fingerprint density at radius 1 is 1.04 bits per heavy atom. The maximum Gasteiger partial charge on any atom is 0.321 e. The van der Waals surface area contributed by atoms with E-state index in [2.05, 4.69) is 36.6 Å². The fourth-order valence-corrected chi connectivity index (χ4v) is 2.52. The van der Waals surface area contributed by atoms with E-state index in [-0.39, 0.29) is 18.0 Å². The molecule has 0 aliphatic rings. The summed E-state index contributed by atoms with van der Waals surface area (Å²) < 4.78 is 0. The van der Waals surface area contributed by atoms with Gasteiger partial charge in [0.05, 0.1) is 0 Å². The highest BCUT2D eigenvalue weighted by Crippen LogP contribution is 2.17. The first-order valence-corrected chi connectivity index (χ1v) is 9.00. The van der Waals surface area contributed by atoms with Gasteiger partial charge in [0.25, 0.3) is 5.91 Å². The summed E-state index contributed by atoms with van der Waals surface area (Å²) in [5.74, 6) is 0.237. The Balaban J connectivity index is 1.95. The summed E-state index contributed by atoms with van der Waals surface area (Å²) in [6.07, 6.45) is 0. The number of hydrogen-bond donors (Lipinski definition) is 3. The minimum Gasteiger partial charge on any atom is -0.350 e. The monoisotopic (exact) mass is 368 g/mol. The molecule has 0 spiro atoms. The van der Waals surface area contributed by atoms with Crippen LogP contribution in [-0.2, 0) is 0 Å². The van der Waals surface area contributed by atoms with Crippen LogP contribution in [0.2, 0.25) is 0 Å². The van der Waals surface area contributed by atoms with E-state index in [4.69, 9.17) is 5.73 Å². The van der Waals surface area contributed by atoms with Gasteiger partial charge in [0.2, 0.25) is 0 Å². The van der Waals surface area contributed by atoms with Crippen LogP contribution >= 0.6 is 0 Å². The summed E-state index contributed by atoms with van der Waals surface area (Å²) in [6.45, 7) is 4.61. The molecule has 0 aliphatic heterocycles. The molecule has 0 fully saturated rings. The quantitative estimate of drug-likeness (QED) is 0.731. The molecular weight excluding hydrogens is 340 g/mol. The van der Waals surface area contributed by atoms with Crippen molar-refractivity contribution in [2.75, 3.05) is 26.0 Å². The molecule has 0 bridgehead atoms. The predicted octanol–water partition coefficient (Wildman–Crippen LogP) is 3.33. The zero-order valence-corrected chi connectivity index (χ0v) is 16.3. The highest BCUT2D eigenvalue weighted by atomic mass is 16.2. The average molecular weight is 368 g/mol. The molecular formula is C21H28N4O2. The molecule has 3 amide bonds. The predicted molar refractivity (Wildman–Crippen MR) is 109 cm³/mol. The lowest BCUT2D eigenvalue weighted by Gasteiger charge is -2.15. The summed E-state index contributed by atoms with van der Waals surface area (Å²) in [4.78, 5) is 25.6. The van der Waals surface area contributed by atoms with Crippen molar-refractivity contribution in [1.82, 2.24) is 10.2 Å². The molecule has 2 rings (SSSR count). The van der Waals surface area contributed by atoms with Crippen LogP contribution in [0.4, 0.5) is 10.5 Å². The molecule has 0 aliphatic carbocycles. The number of rotatable bonds is 6. The second-order valence-corrected chi connectivity index (χ2v) is 7.04. The summed E-state index contributed by atoms with van der Waals surface area (Å²) in [7, 11) is 3.31. The van der Waals surface area contributed by atoms with Gasteiger partial charge in [-0.2, -0.15) is 0 Å². The first-order chi connectivity index (χ1) is 12.8. The fraction of sp³-hybridized carbons (Fsp3) is 0.333. The van der Waals surface area contributed by atoms with Crippen molar-refractivity contribution in [3.8, 4) is 0 Å². The fourth-order valence-electron chi connectivity index (χ4n) is 2.52. The van der Waals surface area contributed by atoms with Gasteiger partial charge in [-0.3, -0.25) is 4.79 Å². The molecule has 6 nitrogen and oxygen atoms in total. The summed E-state index contributed by atoms with van der Waals surface area (Å²) >= 11 is 0. The van der Waals surface area contributed by atoms with Crippen molar-refractivity contribution >= 4 is 17.6 Å². The van der Waals surface area contributed by atoms with Crippen molar-refractivity contribution in [3.05, 3.63) is 65.2 Å². The van der Waals surface area contributed by atoms with Crippen molar-refractivity contribution in [2.24, 2.45) is 5.73 Å². The maximum atomic E-state index is 12.4. The van der Waals surface area contributed by atoms with E-state index in [1.807, 2.05) is 12.1 Å². The van der Waals surface area contributed by atoms with E-state index in [0.717, 1.165) is 5.56 Å². The second kappa shape index (κ2) is 9.19. The van der Waals surface area contributed by atoms with E-state index in [1.54, 1.807) is 38.4 Å². The number of carbonyl (C=O) groups is 2. The SMILES string of the molecule is CC(C)c1ccc(C(N)CNC(=O)c2cccc(NC(=O)N(C)C)c2)cc1. The van der Waals surface area contributed by atoms with Crippen molar-refractivity contribution < 1.29 is 9.59 Å². The van der Waals surface area contributed by atoms with E-state index in [9.17, 15) is 9.59 Å². The number of urea groups is 1. The lowest BCUT2D eigenvalue weighted by Crippen LogP contribution is -2.32. The summed E-state index contributed by atoms with van der Waals surface area (Å²) in [5, 5.41) is 5.57. The number of amides is 3. The Morgan fingerprint density at radius 3 is 2.26 bits per heavy atom.